The first-order valence-electron chi connectivity index (χ1n) is 6.87. The lowest BCUT2D eigenvalue weighted by atomic mass is 10.0. The van der Waals surface area contributed by atoms with Crippen molar-refractivity contribution in [3.63, 3.8) is 0 Å². The number of halogens is 1. The second-order valence-corrected chi connectivity index (χ2v) is 6.69. The summed E-state index contributed by atoms with van der Waals surface area (Å²) in [7, 11) is 0. The van der Waals surface area contributed by atoms with E-state index < -0.39 is 0 Å². The quantitative estimate of drug-likeness (QED) is 0.911. The average Bonchev–Trinajstić information content (AvgIpc) is 3.06. The van der Waals surface area contributed by atoms with Crippen LogP contribution in [0.4, 0.5) is 0 Å². The highest BCUT2D eigenvalue weighted by Crippen LogP contribution is 2.34. The van der Waals surface area contributed by atoms with E-state index in [0.29, 0.717) is 18.9 Å². The first kappa shape index (κ1) is 13.9. The van der Waals surface area contributed by atoms with Crippen molar-refractivity contribution in [2.24, 2.45) is 5.92 Å². The SMILES string of the molecule is O=C(C[C@@H]1CCNC1)NCc1sc2ccccc2c1Cl. The molecule has 0 saturated carbocycles. The van der Waals surface area contributed by atoms with E-state index in [1.54, 1.807) is 11.3 Å². The molecule has 0 aliphatic carbocycles. The summed E-state index contributed by atoms with van der Waals surface area (Å²) >= 11 is 8.01. The van der Waals surface area contributed by atoms with Gasteiger partial charge in [0.05, 0.1) is 11.6 Å². The van der Waals surface area contributed by atoms with Crippen LogP contribution in [-0.4, -0.2) is 19.0 Å². The third-order valence-corrected chi connectivity index (χ3v) is 5.40. The zero-order chi connectivity index (χ0) is 13.9. The third kappa shape index (κ3) is 2.97. The summed E-state index contributed by atoms with van der Waals surface area (Å²) in [6.07, 6.45) is 1.70. The molecule has 0 bridgehead atoms. The summed E-state index contributed by atoms with van der Waals surface area (Å²) in [5.74, 6) is 0.597. The largest absolute Gasteiger partial charge is 0.351 e. The Labute approximate surface area is 127 Å². The van der Waals surface area contributed by atoms with Crippen molar-refractivity contribution in [3.05, 3.63) is 34.2 Å². The van der Waals surface area contributed by atoms with Crippen LogP contribution in [0.15, 0.2) is 24.3 Å². The molecule has 0 spiro atoms. The monoisotopic (exact) mass is 308 g/mol. The van der Waals surface area contributed by atoms with Gasteiger partial charge in [0.25, 0.3) is 0 Å². The zero-order valence-electron chi connectivity index (χ0n) is 11.1. The normalized spacial score (nSPS) is 18.6. The molecule has 1 atom stereocenters. The van der Waals surface area contributed by atoms with Crippen molar-refractivity contribution in [2.45, 2.75) is 19.4 Å². The van der Waals surface area contributed by atoms with E-state index in [9.17, 15) is 4.79 Å². The molecule has 1 saturated heterocycles. The van der Waals surface area contributed by atoms with Crippen LogP contribution in [0.5, 0.6) is 0 Å². The standard InChI is InChI=1S/C15H17ClN2OS/c16-15-11-3-1-2-4-12(11)20-13(15)9-18-14(19)7-10-5-6-17-8-10/h1-4,10,17H,5-9H2,(H,18,19)/t10-/m0/s1. The lowest BCUT2D eigenvalue weighted by Gasteiger charge is -2.08. The second-order valence-electron chi connectivity index (χ2n) is 5.18. The van der Waals surface area contributed by atoms with Gasteiger partial charge in [-0.05, 0) is 31.5 Å². The molecule has 2 aromatic rings. The van der Waals surface area contributed by atoms with E-state index >= 15 is 0 Å². The number of hydrogen-bond donors (Lipinski definition) is 2. The molecule has 2 heterocycles. The number of hydrogen-bond acceptors (Lipinski definition) is 3. The second kappa shape index (κ2) is 6.12. The van der Waals surface area contributed by atoms with Gasteiger partial charge in [-0.1, -0.05) is 29.8 Å². The maximum atomic E-state index is 11.9. The summed E-state index contributed by atoms with van der Waals surface area (Å²) < 4.78 is 1.17. The van der Waals surface area contributed by atoms with Gasteiger partial charge in [0, 0.05) is 21.4 Å². The maximum absolute atomic E-state index is 11.9. The van der Waals surface area contributed by atoms with Crippen molar-refractivity contribution in [2.75, 3.05) is 13.1 Å². The van der Waals surface area contributed by atoms with Crippen LogP contribution in [0.2, 0.25) is 5.02 Å². The first-order chi connectivity index (χ1) is 9.74. The van der Waals surface area contributed by atoms with Gasteiger partial charge in [0.15, 0.2) is 0 Å². The Morgan fingerprint density at radius 1 is 1.45 bits per heavy atom. The summed E-state index contributed by atoms with van der Waals surface area (Å²) in [5.41, 5.74) is 0. The lowest BCUT2D eigenvalue weighted by molar-refractivity contribution is -0.122. The van der Waals surface area contributed by atoms with Gasteiger partial charge in [0.1, 0.15) is 0 Å². The van der Waals surface area contributed by atoms with Crippen LogP contribution >= 0.6 is 22.9 Å². The smallest absolute Gasteiger partial charge is 0.220 e. The number of amides is 1. The Morgan fingerprint density at radius 3 is 3.05 bits per heavy atom. The summed E-state index contributed by atoms with van der Waals surface area (Å²) in [6, 6.07) is 8.06. The fraction of sp³-hybridized carbons (Fsp3) is 0.400. The van der Waals surface area contributed by atoms with E-state index in [1.165, 1.54) is 4.70 Å². The van der Waals surface area contributed by atoms with Crippen molar-refractivity contribution in [3.8, 4) is 0 Å². The Bertz CT molecular complexity index is 619. The van der Waals surface area contributed by atoms with E-state index in [-0.39, 0.29) is 5.91 Å². The van der Waals surface area contributed by atoms with Gasteiger partial charge in [-0.25, -0.2) is 0 Å². The molecule has 20 heavy (non-hydrogen) atoms. The predicted octanol–water partition coefficient (Wildman–Crippen LogP) is 3.17. The van der Waals surface area contributed by atoms with Gasteiger partial charge < -0.3 is 10.6 Å². The summed E-state index contributed by atoms with van der Waals surface area (Å²) in [4.78, 5) is 13.0. The van der Waals surface area contributed by atoms with Crippen LogP contribution in [0.25, 0.3) is 10.1 Å². The summed E-state index contributed by atoms with van der Waals surface area (Å²) in [5, 5.41) is 8.11. The highest BCUT2D eigenvalue weighted by atomic mass is 35.5. The Hall–Kier alpha value is -1.10. The van der Waals surface area contributed by atoms with E-state index in [0.717, 1.165) is 34.8 Å². The topological polar surface area (TPSA) is 41.1 Å². The van der Waals surface area contributed by atoms with Crippen LogP contribution in [0, 0.1) is 5.92 Å². The van der Waals surface area contributed by atoms with E-state index in [2.05, 4.69) is 16.7 Å². The molecule has 1 aromatic heterocycles. The molecular formula is C15H17ClN2OS. The molecule has 1 fully saturated rings. The highest BCUT2D eigenvalue weighted by Gasteiger charge is 2.18. The van der Waals surface area contributed by atoms with Gasteiger partial charge in [-0.3, -0.25) is 4.79 Å². The van der Waals surface area contributed by atoms with Crippen molar-refractivity contribution >= 4 is 38.9 Å². The molecular weight excluding hydrogens is 292 g/mol. The number of carbonyl (C=O) groups is 1. The zero-order valence-corrected chi connectivity index (χ0v) is 12.7. The van der Waals surface area contributed by atoms with Crippen molar-refractivity contribution < 1.29 is 4.79 Å². The predicted molar refractivity (Wildman–Crippen MR) is 84.3 cm³/mol. The van der Waals surface area contributed by atoms with Crippen LogP contribution in [-0.2, 0) is 11.3 Å². The number of nitrogens with one attached hydrogen (secondary N) is 2. The van der Waals surface area contributed by atoms with Gasteiger partial charge in [0.2, 0.25) is 5.91 Å². The average molecular weight is 309 g/mol. The van der Waals surface area contributed by atoms with E-state index in [1.807, 2.05) is 18.2 Å². The molecule has 106 valence electrons. The minimum absolute atomic E-state index is 0.118. The maximum Gasteiger partial charge on any atom is 0.220 e. The summed E-state index contributed by atoms with van der Waals surface area (Å²) in [6.45, 7) is 2.51. The van der Waals surface area contributed by atoms with Gasteiger partial charge >= 0.3 is 0 Å². The number of fused-ring (bicyclic) bond motifs is 1. The molecule has 3 rings (SSSR count). The highest BCUT2D eigenvalue weighted by molar-refractivity contribution is 7.19. The molecule has 1 aliphatic heterocycles. The number of thiophene rings is 1. The first-order valence-corrected chi connectivity index (χ1v) is 8.07. The van der Waals surface area contributed by atoms with Crippen molar-refractivity contribution in [1.29, 1.82) is 0 Å². The fourth-order valence-corrected chi connectivity index (χ4v) is 4.02. The van der Waals surface area contributed by atoms with Gasteiger partial charge in [-0.15, -0.1) is 11.3 Å². The molecule has 2 N–H and O–H groups in total. The van der Waals surface area contributed by atoms with Gasteiger partial charge in [-0.2, -0.15) is 0 Å². The minimum atomic E-state index is 0.118. The molecule has 5 heteroatoms. The fourth-order valence-electron chi connectivity index (χ4n) is 2.58. The van der Waals surface area contributed by atoms with Crippen LogP contribution in [0.3, 0.4) is 0 Å². The van der Waals surface area contributed by atoms with E-state index in [4.69, 9.17) is 11.6 Å². The number of rotatable bonds is 4. The minimum Gasteiger partial charge on any atom is -0.351 e. The molecule has 0 unspecified atom stereocenters. The molecule has 1 aromatic carbocycles. The Kier molecular flexibility index (Phi) is 4.24. The van der Waals surface area contributed by atoms with Crippen LogP contribution < -0.4 is 10.6 Å². The molecule has 0 radical (unpaired) electrons. The number of benzene rings is 1. The lowest BCUT2D eigenvalue weighted by Crippen LogP contribution is -2.25. The Balaban J connectivity index is 1.61. The van der Waals surface area contributed by atoms with Crippen molar-refractivity contribution in [1.82, 2.24) is 10.6 Å². The molecule has 3 nitrogen and oxygen atoms in total. The van der Waals surface area contributed by atoms with Crippen LogP contribution in [0.1, 0.15) is 17.7 Å². The molecule has 1 aliphatic rings. The number of carbonyl (C=O) groups excluding carboxylic acids is 1. The molecule has 1 amide bonds. The third-order valence-electron chi connectivity index (χ3n) is 3.68. The Morgan fingerprint density at radius 2 is 2.30 bits per heavy atom.